The smallest absolute Gasteiger partial charge is 0.0874 e. The molecule has 0 aliphatic carbocycles. The molecule has 3 nitrogen and oxygen atoms in total. The first-order valence-corrected chi connectivity index (χ1v) is 2.20. The molecule has 1 heterocycles. The molecule has 3 heteroatoms. The van der Waals surface area contributed by atoms with E-state index in [9.17, 15) is 0 Å². The number of nitriles is 1. The maximum Gasteiger partial charge on any atom is 0.0874 e. The maximum atomic E-state index is 8.13. The molecule has 0 spiro atoms. The summed E-state index contributed by atoms with van der Waals surface area (Å²) in [4.78, 5) is 0. The zero-order valence-corrected chi connectivity index (χ0v) is 4.18. The van der Waals surface area contributed by atoms with Gasteiger partial charge >= 0.3 is 0 Å². The van der Waals surface area contributed by atoms with Gasteiger partial charge in [0, 0.05) is 5.56 Å². The Morgan fingerprint density at radius 3 is 3.38 bits per heavy atom. The molecule has 0 fully saturated rings. The van der Waals surface area contributed by atoms with Gasteiger partial charge in [-0.2, -0.15) is 10.4 Å². The predicted octanol–water partition coefficient (Wildman–Crippen LogP) is 0.276. The zero-order chi connectivity index (χ0) is 5.82. The molecule has 1 radical (unpaired) electrons. The number of nitrogens with zero attached hydrogens (tertiary/aromatic N) is 2. The van der Waals surface area contributed by atoms with Crippen molar-refractivity contribution in [1.82, 2.24) is 10.2 Å². The largest absolute Gasteiger partial charge is 0.276 e. The van der Waals surface area contributed by atoms with E-state index in [1.807, 2.05) is 6.07 Å². The van der Waals surface area contributed by atoms with E-state index in [1.54, 1.807) is 6.20 Å². The van der Waals surface area contributed by atoms with Crippen molar-refractivity contribution in [2.75, 3.05) is 0 Å². The second-order valence-corrected chi connectivity index (χ2v) is 1.36. The first kappa shape index (κ1) is 4.85. The van der Waals surface area contributed by atoms with Crippen LogP contribution in [-0.4, -0.2) is 10.2 Å². The molecule has 1 aromatic rings. The van der Waals surface area contributed by atoms with Gasteiger partial charge in [-0.15, -0.1) is 0 Å². The number of hydrogen-bond acceptors (Lipinski definition) is 2. The van der Waals surface area contributed by atoms with Crippen LogP contribution in [-0.2, 0) is 6.42 Å². The van der Waals surface area contributed by atoms with E-state index < -0.39 is 0 Å². The van der Waals surface area contributed by atoms with Crippen molar-refractivity contribution in [3.63, 3.8) is 0 Å². The van der Waals surface area contributed by atoms with Gasteiger partial charge in [0.15, 0.2) is 0 Å². The van der Waals surface area contributed by atoms with E-state index in [2.05, 4.69) is 16.4 Å². The Kier molecular flexibility index (Phi) is 1.29. The summed E-state index contributed by atoms with van der Waals surface area (Å²) in [6.07, 6.45) is 4.65. The van der Waals surface area contributed by atoms with Crippen LogP contribution in [0.2, 0.25) is 0 Å². The highest BCUT2D eigenvalue weighted by molar-refractivity contribution is 5.06. The molecule has 0 bridgehead atoms. The van der Waals surface area contributed by atoms with Crippen molar-refractivity contribution in [2.24, 2.45) is 0 Å². The van der Waals surface area contributed by atoms with Gasteiger partial charge in [0.1, 0.15) is 0 Å². The van der Waals surface area contributed by atoms with Crippen molar-refractivity contribution in [3.05, 3.63) is 18.0 Å². The molecule has 0 saturated carbocycles. The van der Waals surface area contributed by atoms with Crippen molar-refractivity contribution in [2.45, 2.75) is 6.42 Å². The van der Waals surface area contributed by atoms with Gasteiger partial charge in [0.2, 0.25) is 0 Å². The van der Waals surface area contributed by atoms with Gasteiger partial charge in [0.25, 0.3) is 0 Å². The fourth-order valence-electron chi connectivity index (χ4n) is 0.422. The summed E-state index contributed by atoms with van der Waals surface area (Å²) in [5, 5.41) is 14.2. The highest BCUT2D eigenvalue weighted by atomic mass is 15.1. The summed E-state index contributed by atoms with van der Waals surface area (Å²) in [5.74, 6) is 0. The molecule has 0 amide bonds. The summed E-state index contributed by atoms with van der Waals surface area (Å²) >= 11 is 0. The van der Waals surface area contributed by atoms with Crippen LogP contribution in [0.1, 0.15) is 5.56 Å². The van der Waals surface area contributed by atoms with Gasteiger partial charge in [0.05, 0.1) is 24.9 Å². The minimum atomic E-state index is 0.385. The molecular formula is C5H4N3. The molecule has 0 aromatic carbocycles. The second-order valence-electron chi connectivity index (χ2n) is 1.36. The topological polar surface area (TPSA) is 52.5 Å². The van der Waals surface area contributed by atoms with E-state index in [1.165, 1.54) is 0 Å². The summed E-state index contributed by atoms with van der Waals surface area (Å²) < 4.78 is 0. The molecule has 0 atom stereocenters. The standard InChI is InChI=1S/C5H4N3/c6-2-1-5-3-7-8-4-5/h3H,1H2,(H,7,8). The number of H-pyrrole nitrogens is 1. The first-order valence-electron chi connectivity index (χ1n) is 2.20. The number of rotatable bonds is 1. The fraction of sp³-hybridized carbons (Fsp3) is 0.200. The average molecular weight is 106 g/mol. The van der Waals surface area contributed by atoms with Crippen LogP contribution in [0, 0.1) is 17.5 Å². The van der Waals surface area contributed by atoms with Crippen molar-refractivity contribution in [3.8, 4) is 6.07 Å². The van der Waals surface area contributed by atoms with Crippen LogP contribution in [0.25, 0.3) is 0 Å². The number of aromatic nitrogens is 2. The summed E-state index contributed by atoms with van der Waals surface area (Å²) in [7, 11) is 0. The van der Waals surface area contributed by atoms with Crippen molar-refractivity contribution >= 4 is 0 Å². The molecule has 1 aromatic heterocycles. The monoisotopic (exact) mass is 106 g/mol. The Morgan fingerprint density at radius 1 is 2.00 bits per heavy atom. The molecular weight excluding hydrogens is 102 g/mol. The Labute approximate surface area is 47.0 Å². The summed E-state index contributed by atoms with van der Waals surface area (Å²) in [6, 6.07) is 1.98. The Morgan fingerprint density at radius 2 is 2.88 bits per heavy atom. The van der Waals surface area contributed by atoms with Gasteiger partial charge in [-0.25, -0.2) is 0 Å². The minimum absolute atomic E-state index is 0.385. The highest BCUT2D eigenvalue weighted by Gasteiger charge is 1.88. The lowest BCUT2D eigenvalue weighted by Gasteiger charge is -1.73. The highest BCUT2D eigenvalue weighted by Crippen LogP contribution is 1.90. The molecule has 0 saturated heterocycles. The molecule has 1 N–H and O–H groups in total. The Balaban J connectivity index is 2.67. The van der Waals surface area contributed by atoms with Crippen LogP contribution < -0.4 is 0 Å². The van der Waals surface area contributed by atoms with Crippen LogP contribution >= 0.6 is 0 Å². The minimum Gasteiger partial charge on any atom is -0.276 e. The third kappa shape index (κ3) is 0.850. The normalized spacial score (nSPS) is 8.38. The van der Waals surface area contributed by atoms with Gasteiger partial charge in [-0.3, -0.25) is 5.10 Å². The van der Waals surface area contributed by atoms with E-state index >= 15 is 0 Å². The van der Waals surface area contributed by atoms with E-state index in [0.717, 1.165) is 5.56 Å². The van der Waals surface area contributed by atoms with E-state index in [-0.39, 0.29) is 0 Å². The molecule has 0 aliphatic rings. The van der Waals surface area contributed by atoms with Gasteiger partial charge in [-0.1, -0.05) is 0 Å². The Bertz CT molecular complexity index is 182. The second kappa shape index (κ2) is 2.12. The van der Waals surface area contributed by atoms with Gasteiger partial charge < -0.3 is 0 Å². The lowest BCUT2D eigenvalue weighted by molar-refractivity contribution is 1.08. The maximum absolute atomic E-state index is 8.13. The third-order valence-corrected chi connectivity index (χ3v) is 0.771. The quantitative estimate of drug-likeness (QED) is 0.558. The van der Waals surface area contributed by atoms with Crippen molar-refractivity contribution in [1.29, 1.82) is 5.26 Å². The van der Waals surface area contributed by atoms with Crippen LogP contribution in [0.5, 0.6) is 0 Å². The van der Waals surface area contributed by atoms with Crippen LogP contribution in [0.15, 0.2) is 6.20 Å². The molecule has 0 aliphatic heterocycles. The molecule has 0 unspecified atom stereocenters. The third-order valence-electron chi connectivity index (χ3n) is 0.771. The average Bonchev–Trinajstić information content (AvgIpc) is 2.19. The van der Waals surface area contributed by atoms with E-state index in [0.29, 0.717) is 6.42 Å². The summed E-state index contributed by atoms with van der Waals surface area (Å²) in [5.41, 5.74) is 0.813. The molecule has 39 valence electrons. The summed E-state index contributed by atoms with van der Waals surface area (Å²) in [6.45, 7) is 0. The first-order chi connectivity index (χ1) is 3.93. The van der Waals surface area contributed by atoms with Crippen molar-refractivity contribution < 1.29 is 0 Å². The lowest BCUT2D eigenvalue weighted by atomic mass is 10.3. The fourth-order valence-corrected chi connectivity index (χ4v) is 0.422. The Hall–Kier alpha value is -1.30. The SMILES string of the molecule is N#CCc1[c][nH]nc1. The number of nitrogens with one attached hydrogen (secondary N) is 1. The predicted molar refractivity (Wildman–Crippen MR) is 26.7 cm³/mol. The molecule has 1 rings (SSSR count). The van der Waals surface area contributed by atoms with Gasteiger partial charge in [-0.05, 0) is 0 Å². The number of hydrogen-bond donors (Lipinski definition) is 1. The zero-order valence-electron chi connectivity index (χ0n) is 4.18. The molecule has 8 heavy (non-hydrogen) atoms. The van der Waals surface area contributed by atoms with Crippen LogP contribution in [0.3, 0.4) is 0 Å². The van der Waals surface area contributed by atoms with E-state index in [4.69, 9.17) is 5.26 Å². The number of aromatic amines is 1. The van der Waals surface area contributed by atoms with Crippen LogP contribution in [0.4, 0.5) is 0 Å². The lowest BCUT2D eigenvalue weighted by Crippen LogP contribution is -1.72.